The zero-order valence-electron chi connectivity index (χ0n) is 17.2. The van der Waals surface area contributed by atoms with Crippen molar-refractivity contribution in [3.63, 3.8) is 0 Å². The van der Waals surface area contributed by atoms with Crippen LogP contribution in [-0.2, 0) is 19.3 Å². The third-order valence-electron chi connectivity index (χ3n) is 5.55. The molecule has 1 amide bonds. The molecule has 0 radical (unpaired) electrons. The number of nitrogens with zero attached hydrogens (tertiary/aromatic N) is 1. The molecule has 8 heteroatoms. The lowest BCUT2D eigenvalue weighted by Gasteiger charge is -2.17. The number of hydrogen-bond acceptors (Lipinski definition) is 3. The SMILES string of the molecule is O=C(NCc1ccc(C(F)(F)F)cc1)c1ccc(-c2n[nH]c3c2COc2ccccc2-3)cc1. The molecule has 33 heavy (non-hydrogen) atoms. The summed E-state index contributed by atoms with van der Waals surface area (Å²) in [6, 6.07) is 19.5. The van der Waals surface area contributed by atoms with Crippen molar-refractivity contribution in [3.05, 3.63) is 95.1 Å². The summed E-state index contributed by atoms with van der Waals surface area (Å²) in [7, 11) is 0. The summed E-state index contributed by atoms with van der Waals surface area (Å²) in [5.41, 5.74) is 4.73. The van der Waals surface area contributed by atoms with Crippen molar-refractivity contribution < 1.29 is 22.7 Å². The van der Waals surface area contributed by atoms with Crippen LogP contribution in [0.3, 0.4) is 0 Å². The number of halogens is 3. The number of hydrogen-bond donors (Lipinski definition) is 2. The van der Waals surface area contributed by atoms with Crippen LogP contribution in [0.15, 0.2) is 72.8 Å². The number of benzene rings is 3. The van der Waals surface area contributed by atoms with Crippen LogP contribution >= 0.6 is 0 Å². The number of fused-ring (bicyclic) bond motifs is 3. The largest absolute Gasteiger partial charge is 0.488 e. The smallest absolute Gasteiger partial charge is 0.416 e. The molecular weight excluding hydrogens is 431 g/mol. The van der Waals surface area contributed by atoms with Crippen molar-refractivity contribution in [3.8, 4) is 28.3 Å². The van der Waals surface area contributed by atoms with E-state index >= 15 is 0 Å². The molecule has 4 aromatic rings. The van der Waals surface area contributed by atoms with Crippen molar-refractivity contribution in [2.45, 2.75) is 19.3 Å². The van der Waals surface area contributed by atoms with Gasteiger partial charge in [-0.1, -0.05) is 36.4 Å². The first-order chi connectivity index (χ1) is 15.9. The Balaban J connectivity index is 1.28. The van der Waals surface area contributed by atoms with Gasteiger partial charge in [-0.05, 0) is 42.0 Å². The minimum Gasteiger partial charge on any atom is -0.488 e. The maximum absolute atomic E-state index is 12.7. The van der Waals surface area contributed by atoms with E-state index in [4.69, 9.17) is 4.74 Å². The molecule has 0 fully saturated rings. The fourth-order valence-corrected chi connectivity index (χ4v) is 3.79. The minimum absolute atomic E-state index is 0.127. The van der Waals surface area contributed by atoms with E-state index in [-0.39, 0.29) is 12.5 Å². The molecule has 0 saturated heterocycles. The second-order valence-electron chi connectivity index (χ2n) is 7.67. The van der Waals surface area contributed by atoms with E-state index in [9.17, 15) is 18.0 Å². The van der Waals surface area contributed by atoms with Crippen molar-refractivity contribution in [1.82, 2.24) is 15.5 Å². The van der Waals surface area contributed by atoms with E-state index in [0.717, 1.165) is 46.0 Å². The van der Waals surface area contributed by atoms with Gasteiger partial charge in [0.25, 0.3) is 5.91 Å². The standard InChI is InChI=1S/C25H18F3N3O2/c26-25(27,28)18-11-5-15(6-12-18)13-29-24(32)17-9-7-16(8-10-17)22-20-14-33-21-4-2-1-3-19(21)23(20)31-30-22/h1-12H,13-14H2,(H,29,32)(H,30,31). The van der Waals surface area contributed by atoms with Gasteiger partial charge in [-0.3, -0.25) is 9.89 Å². The van der Waals surface area contributed by atoms with Crippen LogP contribution in [0.5, 0.6) is 5.75 Å². The van der Waals surface area contributed by atoms with E-state index in [2.05, 4.69) is 15.5 Å². The van der Waals surface area contributed by atoms with Gasteiger partial charge in [0.2, 0.25) is 0 Å². The summed E-state index contributed by atoms with van der Waals surface area (Å²) in [6.45, 7) is 0.524. The van der Waals surface area contributed by atoms with Gasteiger partial charge in [0.05, 0.1) is 17.0 Å². The predicted molar refractivity (Wildman–Crippen MR) is 116 cm³/mol. The number of aromatic nitrogens is 2. The number of carbonyl (C=O) groups excluding carboxylic acids is 1. The van der Waals surface area contributed by atoms with E-state index in [0.29, 0.717) is 17.7 Å². The lowest BCUT2D eigenvalue weighted by atomic mass is 9.99. The summed E-state index contributed by atoms with van der Waals surface area (Å²) in [4.78, 5) is 12.5. The topological polar surface area (TPSA) is 67.0 Å². The van der Waals surface area contributed by atoms with Crippen molar-refractivity contribution >= 4 is 5.91 Å². The summed E-state index contributed by atoms with van der Waals surface area (Å²) in [5, 5.41) is 10.3. The summed E-state index contributed by atoms with van der Waals surface area (Å²) >= 11 is 0. The minimum atomic E-state index is -4.38. The second-order valence-corrected chi connectivity index (χ2v) is 7.67. The summed E-state index contributed by atoms with van der Waals surface area (Å²) in [5.74, 6) is 0.489. The normalized spacial score (nSPS) is 12.5. The maximum atomic E-state index is 12.7. The Morgan fingerprint density at radius 3 is 2.45 bits per heavy atom. The molecule has 1 aliphatic heterocycles. The molecule has 3 aromatic carbocycles. The quantitative estimate of drug-likeness (QED) is 0.427. The van der Waals surface area contributed by atoms with Crippen LogP contribution in [0.2, 0.25) is 0 Å². The van der Waals surface area contributed by atoms with Crippen molar-refractivity contribution in [2.75, 3.05) is 0 Å². The molecule has 5 nitrogen and oxygen atoms in total. The Morgan fingerprint density at radius 2 is 1.73 bits per heavy atom. The number of H-pyrrole nitrogens is 1. The first-order valence-corrected chi connectivity index (χ1v) is 10.2. The van der Waals surface area contributed by atoms with Crippen LogP contribution < -0.4 is 10.1 Å². The highest BCUT2D eigenvalue weighted by Gasteiger charge is 2.30. The predicted octanol–water partition coefficient (Wildman–Crippen LogP) is 5.58. The Kier molecular flexibility index (Phi) is 5.12. The van der Waals surface area contributed by atoms with Crippen LogP contribution in [0.25, 0.3) is 22.5 Å². The zero-order valence-corrected chi connectivity index (χ0v) is 17.2. The van der Waals surface area contributed by atoms with Crippen LogP contribution in [0.1, 0.15) is 27.0 Å². The molecule has 0 saturated carbocycles. The molecule has 2 heterocycles. The van der Waals surface area contributed by atoms with Gasteiger partial charge in [0.15, 0.2) is 0 Å². The van der Waals surface area contributed by atoms with E-state index in [1.165, 1.54) is 12.1 Å². The molecule has 0 aliphatic carbocycles. The van der Waals surface area contributed by atoms with Gasteiger partial charge < -0.3 is 10.1 Å². The summed E-state index contributed by atoms with van der Waals surface area (Å²) < 4.78 is 43.8. The highest BCUT2D eigenvalue weighted by molar-refractivity contribution is 5.94. The van der Waals surface area contributed by atoms with Gasteiger partial charge in [-0.15, -0.1) is 0 Å². The summed E-state index contributed by atoms with van der Waals surface area (Å²) in [6.07, 6.45) is -4.38. The molecule has 1 aromatic heterocycles. The number of aromatic amines is 1. The van der Waals surface area contributed by atoms with Crippen molar-refractivity contribution in [2.24, 2.45) is 0 Å². The highest BCUT2D eigenvalue weighted by atomic mass is 19.4. The monoisotopic (exact) mass is 449 g/mol. The second kappa shape index (κ2) is 8.12. The van der Waals surface area contributed by atoms with Gasteiger partial charge in [-0.25, -0.2) is 0 Å². The number of rotatable bonds is 4. The number of alkyl halides is 3. The Hall–Kier alpha value is -4.07. The molecular formula is C25H18F3N3O2. The van der Waals surface area contributed by atoms with E-state index in [1.54, 1.807) is 12.1 Å². The first-order valence-electron chi connectivity index (χ1n) is 10.2. The number of para-hydroxylation sites is 1. The maximum Gasteiger partial charge on any atom is 0.416 e. The fraction of sp³-hybridized carbons (Fsp3) is 0.120. The van der Waals surface area contributed by atoms with E-state index in [1.807, 2.05) is 36.4 Å². The third kappa shape index (κ3) is 4.07. The molecule has 5 rings (SSSR count). The van der Waals surface area contributed by atoms with Gasteiger partial charge >= 0.3 is 6.18 Å². The first kappa shape index (κ1) is 20.8. The Labute approximate surface area is 187 Å². The fourth-order valence-electron chi connectivity index (χ4n) is 3.79. The molecule has 2 N–H and O–H groups in total. The van der Waals surface area contributed by atoms with Gasteiger partial charge in [0, 0.05) is 28.8 Å². The highest BCUT2D eigenvalue weighted by Crippen LogP contribution is 2.39. The number of nitrogens with one attached hydrogen (secondary N) is 2. The molecule has 0 atom stereocenters. The average molecular weight is 449 g/mol. The number of ether oxygens (including phenoxy) is 1. The van der Waals surface area contributed by atoms with Crippen molar-refractivity contribution in [1.29, 1.82) is 0 Å². The number of carbonyl (C=O) groups is 1. The molecule has 0 bridgehead atoms. The van der Waals surface area contributed by atoms with E-state index < -0.39 is 11.7 Å². The third-order valence-corrected chi connectivity index (χ3v) is 5.55. The molecule has 166 valence electrons. The Morgan fingerprint density at radius 1 is 1.00 bits per heavy atom. The average Bonchev–Trinajstić information content (AvgIpc) is 3.27. The lowest BCUT2D eigenvalue weighted by molar-refractivity contribution is -0.137. The Bertz CT molecular complexity index is 1310. The molecule has 1 aliphatic rings. The van der Waals surface area contributed by atoms with Crippen LogP contribution in [0.4, 0.5) is 13.2 Å². The number of amides is 1. The zero-order chi connectivity index (χ0) is 23.0. The van der Waals surface area contributed by atoms with Gasteiger partial charge in [0.1, 0.15) is 12.4 Å². The van der Waals surface area contributed by atoms with Crippen LogP contribution in [-0.4, -0.2) is 16.1 Å². The van der Waals surface area contributed by atoms with Gasteiger partial charge in [-0.2, -0.15) is 18.3 Å². The van der Waals surface area contributed by atoms with Crippen LogP contribution in [0, 0.1) is 0 Å². The lowest BCUT2D eigenvalue weighted by Crippen LogP contribution is -2.22. The molecule has 0 unspecified atom stereocenters. The molecule has 0 spiro atoms.